The predicted molar refractivity (Wildman–Crippen MR) is 147 cm³/mol. The molecule has 0 fully saturated rings. The quantitative estimate of drug-likeness (QED) is 0.317. The first-order valence-electron chi connectivity index (χ1n) is 11.6. The average Bonchev–Trinajstić information content (AvgIpc) is 2.84. The molecule has 0 aliphatic heterocycles. The summed E-state index contributed by atoms with van der Waals surface area (Å²) < 4.78 is 0. The summed E-state index contributed by atoms with van der Waals surface area (Å²) in [5, 5.41) is 3.90. The van der Waals surface area contributed by atoms with Gasteiger partial charge in [-0.25, -0.2) is 0 Å². The lowest BCUT2D eigenvalue weighted by molar-refractivity contribution is -0.139. The number of carbonyl (C=O) groups excluding carboxylic acids is 2. The van der Waals surface area contributed by atoms with Crippen molar-refractivity contribution in [3.05, 3.63) is 105 Å². The summed E-state index contributed by atoms with van der Waals surface area (Å²) in [5.41, 5.74) is 4.12. The lowest BCUT2D eigenvalue weighted by Gasteiger charge is -2.31. The fourth-order valence-electron chi connectivity index (χ4n) is 3.78. The fraction of sp³-hybridized carbons (Fsp3) is 0.286. The zero-order valence-electron chi connectivity index (χ0n) is 20.0. The smallest absolute Gasteiger partial charge is 0.243 e. The number of rotatable bonds is 11. The van der Waals surface area contributed by atoms with E-state index in [2.05, 4.69) is 24.4 Å². The predicted octanol–water partition coefficient (Wildman–Crippen LogP) is 6.31. The van der Waals surface area contributed by atoms with Crippen LogP contribution in [-0.4, -0.2) is 35.1 Å². The van der Waals surface area contributed by atoms with Gasteiger partial charge in [-0.2, -0.15) is 0 Å². The largest absolute Gasteiger partial charge is 0.355 e. The first-order valence-corrected chi connectivity index (χ1v) is 13.5. The molecule has 0 spiro atoms. The first kappa shape index (κ1) is 27.1. The van der Waals surface area contributed by atoms with E-state index in [4.69, 9.17) is 23.2 Å². The molecule has 0 aromatic heterocycles. The topological polar surface area (TPSA) is 49.4 Å². The minimum Gasteiger partial charge on any atom is -0.355 e. The Bertz CT molecular complexity index is 1140. The highest BCUT2D eigenvalue weighted by atomic mass is 35.5. The number of amides is 2. The number of hydrogen-bond acceptors (Lipinski definition) is 3. The molecular formula is C28H30Cl2N2O2S. The van der Waals surface area contributed by atoms with Crippen molar-refractivity contribution in [2.24, 2.45) is 0 Å². The van der Waals surface area contributed by atoms with Crippen molar-refractivity contribution < 1.29 is 9.59 Å². The zero-order valence-corrected chi connectivity index (χ0v) is 22.3. The minimum absolute atomic E-state index is 0.109. The van der Waals surface area contributed by atoms with Crippen molar-refractivity contribution in [2.45, 2.75) is 38.6 Å². The number of benzene rings is 3. The van der Waals surface area contributed by atoms with E-state index in [1.807, 2.05) is 55.5 Å². The highest BCUT2D eigenvalue weighted by Gasteiger charge is 2.30. The molecule has 0 aliphatic rings. The lowest BCUT2D eigenvalue weighted by atomic mass is 10.0. The summed E-state index contributed by atoms with van der Waals surface area (Å²) in [7, 11) is 0. The van der Waals surface area contributed by atoms with Gasteiger partial charge in [0.05, 0.1) is 5.75 Å². The van der Waals surface area contributed by atoms with Gasteiger partial charge in [-0.1, -0.05) is 83.9 Å². The molecule has 0 saturated heterocycles. The van der Waals surface area contributed by atoms with Crippen LogP contribution in [0.5, 0.6) is 0 Å². The zero-order chi connectivity index (χ0) is 25.2. The van der Waals surface area contributed by atoms with Crippen LogP contribution in [0.25, 0.3) is 0 Å². The Morgan fingerprint density at radius 1 is 0.971 bits per heavy atom. The van der Waals surface area contributed by atoms with Crippen LogP contribution in [0.1, 0.15) is 29.2 Å². The molecule has 7 heteroatoms. The first-order chi connectivity index (χ1) is 16.9. The van der Waals surface area contributed by atoms with Gasteiger partial charge in [0.15, 0.2) is 0 Å². The van der Waals surface area contributed by atoms with E-state index < -0.39 is 6.04 Å². The number of aryl methyl sites for hydroxylation is 1. The van der Waals surface area contributed by atoms with E-state index in [9.17, 15) is 9.59 Å². The van der Waals surface area contributed by atoms with Gasteiger partial charge in [0.2, 0.25) is 11.8 Å². The summed E-state index contributed by atoms with van der Waals surface area (Å²) >= 11 is 14.1. The Morgan fingerprint density at radius 3 is 2.37 bits per heavy atom. The molecule has 3 aromatic carbocycles. The summed E-state index contributed by atoms with van der Waals surface area (Å²) in [6, 6.07) is 22.4. The van der Waals surface area contributed by atoms with Crippen LogP contribution in [0.15, 0.2) is 72.8 Å². The molecule has 184 valence electrons. The summed E-state index contributed by atoms with van der Waals surface area (Å²) in [6.45, 7) is 4.64. The van der Waals surface area contributed by atoms with E-state index in [1.54, 1.807) is 28.8 Å². The van der Waals surface area contributed by atoms with Crippen molar-refractivity contribution in [1.29, 1.82) is 0 Å². The molecule has 0 saturated carbocycles. The fourth-order valence-corrected chi connectivity index (χ4v) is 5.24. The molecular weight excluding hydrogens is 499 g/mol. The van der Waals surface area contributed by atoms with E-state index in [-0.39, 0.29) is 24.1 Å². The van der Waals surface area contributed by atoms with Crippen molar-refractivity contribution in [2.75, 3.05) is 12.3 Å². The molecule has 35 heavy (non-hydrogen) atoms. The van der Waals surface area contributed by atoms with E-state index in [0.717, 1.165) is 16.9 Å². The molecule has 1 atom stereocenters. The van der Waals surface area contributed by atoms with Gasteiger partial charge in [0, 0.05) is 35.3 Å². The van der Waals surface area contributed by atoms with Crippen LogP contribution in [0, 0.1) is 6.92 Å². The van der Waals surface area contributed by atoms with Gasteiger partial charge in [0.1, 0.15) is 6.04 Å². The van der Waals surface area contributed by atoms with Crippen LogP contribution in [0.4, 0.5) is 0 Å². The van der Waals surface area contributed by atoms with Gasteiger partial charge in [-0.15, -0.1) is 11.8 Å². The number of likely N-dealkylation sites (N-methyl/N-ethyl adjacent to an activating group) is 1. The summed E-state index contributed by atoms with van der Waals surface area (Å²) in [4.78, 5) is 28.4. The molecule has 0 radical (unpaired) electrons. The molecule has 1 N–H and O–H groups in total. The van der Waals surface area contributed by atoms with Crippen molar-refractivity contribution in [1.82, 2.24) is 10.2 Å². The van der Waals surface area contributed by atoms with Gasteiger partial charge in [0.25, 0.3) is 0 Å². The third-order valence-corrected chi connectivity index (χ3v) is 7.28. The normalized spacial score (nSPS) is 11.7. The number of carbonyl (C=O) groups is 2. The maximum Gasteiger partial charge on any atom is 0.243 e. The molecule has 3 rings (SSSR count). The Labute approximate surface area is 222 Å². The second kappa shape index (κ2) is 13.6. The van der Waals surface area contributed by atoms with E-state index in [1.165, 1.54) is 11.1 Å². The molecule has 3 aromatic rings. The van der Waals surface area contributed by atoms with Crippen LogP contribution in [0.3, 0.4) is 0 Å². The van der Waals surface area contributed by atoms with E-state index in [0.29, 0.717) is 23.0 Å². The molecule has 0 bridgehead atoms. The maximum absolute atomic E-state index is 13.6. The van der Waals surface area contributed by atoms with Crippen LogP contribution in [0.2, 0.25) is 10.0 Å². The van der Waals surface area contributed by atoms with Crippen molar-refractivity contribution in [3.63, 3.8) is 0 Å². The third kappa shape index (κ3) is 8.03. The van der Waals surface area contributed by atoms with Gasteiger partial charge in [-0.05, 0) is 48.2 Å². The Morgan fingerprint density at radius 2 is 1.69 bits per heavy atom. The number of halogens is 2. The highest BCUT2D eigenvalue weighted by molar-refractivity contribution is 7.99. The Hall–Kier alpha value is -2.47. The molecule has 4 nitrogen and oxygen atoms in total. The van der Waals surface area contributed by atoms with Gasteiger partial charge < -0.3 is 10.2 Å². The maximum atomic E-state index is 13.6. The number of thioether (sulfide) groups is 1. The van der Waals surface area contributed by atoms with Crippen LogP contribution >= 0.6 is 35.0 Å². The average molecular weight is 530 g/mol. The minimum atomic E-state index is -0.671. The highest BCUT2D eigenvalue weighted by Crippen LogP contribution is 2.25. The summed E-state index contributed by atoms with van der Waals surface area (Å²) in [6.07, 6.45) is 0.409. The monoisotopic (exact) mass is 528 g/mol. The third-order valence-electron chi connectivity index (χ3n) is 5.72. The van der Waals surface area contributed by atoms with Crippen molar-refractivity contribution >= 4 is 46.8 Å². The van der Waals surface area contributed by atoms with E-state index >= 15 is 0 Å². The Kier molecular flexibility index (Phi) is 10.5. The second-order valence-corrected chi connectivity index (χ2v) is 10.1. The lowest BCUT2D eigenvalue weighted by Crippen LogP contribution is -2.51. The standard InChI is InChI=1S/C28H30Cl2N2O2S/c1-3-31-28(34)26(15-21-10-5-4-6-11-21)32(17-22-13-14-24(29)16-25(22)30)27(33)19-35-18-23-12-8-7-9-20(23)2/h4-14,16,26H,3,15,17-19H2,1-2H3,(H,31,34)/t26-/m1/s1. The molecule has 0 heterocycles. The van der Waals surface area contributed by atoms with Gasteiger partial charge in [-0.3, -0.25) is 9.59 Å². The van der Waals surface area contributed by atoms with Crippen molar-refractivity contribution in [3.8, 4) is 0 Å². The van der Waals surface area contributed by atoms with Crippen LogP contribution in [-0.2, 0) is 28.3 Å². The second-order valence-electron chi connectivity index (χ2n) is 8.28. The number of hydrogen-bond donors (Lipinski definition) is 1. The number of nitrogens with one attached hydrogen (secondary N) is 1. The summed E-state index contributed by atoms with van der Waals surface area (Å²) in [5.74, 6) is 0.684. The Balaban J connectivity index is 1.86. The van der Waals surface area contributed by atoms with Gasteiger partial charge >= 0.3 is 0 Å². The number of nitrogens with zero attached hydrogens (tertiary/aromatic N) is 1. The molecule has 2 amide bonds. The SMILES string of the molecule is CCNC(=O)[C@@H](Cc1ccccc1)N(Cc1ccc(Cl)cc1Cl)C(=O)CSCc1ccccc1C. The molecule has 0 aliphatic carbocycles. The molecule has 0 unspecified atom stereocenters. The van der Waals surface area contributed by atoms with Crippen LogP contribution < -0.4 is 5.32 Å².